The largest absolute Gasteiger partial charge is 0.507 e. The lowest BCUT2D eigenvalue weighted by Crippen LogP contribution is -2.29. The summed E-state index contributed by atoms with van der Waals surface area (Å²) < 4.78 is 12.0. The maximum Gasteiger partial charge on any atom is 0.301 e. The average molecular weight is 519 g/mol. The molecule has 36 heavy (non-hydrogen) atoms. The van der Waals surface area contributed by atoms with Crippen LogP contribution in [0, 0.1) is 6.92 Å². The lowest BCUT2D eigenvalue weighted by molar-refractivity contribution is -0.132. The molecule has 0 radical (unpaired) electrons. The van der Waals surface area contributed by atoms with E-state index in [1.165, 1.54) is 16.2 Å². The molecule has 3 aromatic carbocycles. The molecule has 1 aromatic heterocycles. The molecule has 7 nitrogen and oxygen atoms in total. The lowest BCUT2D eigenvalue weighted by Gasteiger charge is -2.23. The Morgan fingerprint density at radius 3 is 2.56 bits per heavy atom. The summed E-state index contributed by atoms with van der Waals surface area (Å²) >= 11 is 7.41. The maximum absolute atomic E-state index is 13.4. The van der Waals surface area contributed by atoms with Gasteiger partial charge in [0.25, 0.3) is 5.78 Å². The highest BCUT2D eigenvalue weighted by Gasteiger charge is 2.48. The molecule has 0 spiro atoms. The van der Waals surface area contributed by atoms with Crippen molar-refractivity contribution in [2.24, 2.45) is 0 Å². The van der Waals surface area contributed by atoms with Crippen molar-refractivity contribution >= 4 is 55.7 Å². The van der Waals surface area contributed by atoms with Crippen molar-refractivity contribution in [3.63, 3.8) is 0 Å². The second kappa shape index (κ2) is 8.65. The monoisotopic (exact) mass is 518 g/mol. The van der Waals surface area contributed by atoms with Gasteiger partial charge in [0.05, 0.1) is 21.8 Å². The molecule has 0 saturated carbocycles. The van der Waals surface area contributed by atoms with Crippen molar-refractivity contribution in [2.75, 3.05) is 18.1 Å². The third-order valence-corrected chi connectivity index (χ3v) is 7.45. The van der Waals surface area contributed by atoms with Crippen LogP contribution in [0.5, 0.6) is 11.5 Å². The maximum atomic E-state index is 13.4. The van der Waals surface area contributed by atoms with Crippen molar-refractivity contribution < 1.29 is 24.2 Å². The topological polar surface area (TPSA) is 89.0 Å². The molecule has 1 atom stereocenters. The number of carbonyl (C=O) groups excluding carboxylic acids is 2. The van der Waals surface area contributed by atoms with Crippen LogP contribution in [0.15, 0.2) is 66.2 Å². The first kappa shape index (κ1) is 22.6. The highest BCUT2D eigenvalue weighted by Crippen LogP contribution is 2.45. The normalized spacial score (nSPS) is 18.7. The lowest BCUT2D eigenvalue weighted by atomic mass is 9.94. The number of ketones is 1. The molecular weight excluding hydrogens is 500 g/mol. The number of rotatable bonds is 3. The average Bonchev–Trinajstić information content (AvgIpc) is 3.41. The van der Waals surface area contributed by atoms with Gasteiger partial charge in [-0.25, -0.2) is 4.98 Å². The number of halogens is 1. The van der Waals surface area contributed by atoms with Crippen LogP contribution in [0.3, 0.4) is 0 Å². The Bertz CT molecular complexity index is 1580. The van der Waals surface area contributed by atoms with E-state index in [9.17, 15) is 14.7 Å². The number of fused-ring (bicyclic) bond motifs is 2. The van der Waals surface area contributed by atoms with Crippen LogP contribution in [0.1, 0.15) is 22.7 Å². The van der Waals surface area contributed by atoms with E-state index in [0.717, 1.165) is 10.3 Å². The summed E-state index contributed by atoms with van der Waals surface area (Å²) in [5.41, 5.74) is 2.70. The summed E-state index contributed by atoms with van der Waals surface area (Å²) in [6.45, 7) is 2.77. The van der Waals surface area contributed by atoms with Crippen LogP contribution in [-0.2, 0) is 9.59 Å². The zero-order chi connectivity index (χ0) is 25.0. The molecule has 1 unspecified atom stereocenters. The Morgan fingerprint density at radius 2 is 1.78 bits per heavy atom. The number of aryl methyl sites for hydroxylation is 1. The number of carbonyl (C=O) groups is 2. The molecule has 3 heterocycles. The number of thiazole rings is 1. The fourth-order valence-electron chi connectivity index (χ4n) is 4.43. The van der Waals surface area contributed by atoms with Crippen molar-refractivity contribution in [3.8, 4) is 11.5 Å². The van der Waals surface area contributed by atoms with Gasteiger partial charge < -0.3 is 14.6 Å². The number of hydrogen-bond donors (Lipinski definition) is 1. The van der Waals surface area contributed by atoms with Gasteiger partial charge >= 0.3 is 5.91 Å². The van der Waals surface area contributed by atoms with E-state index in [0.29, 0.717) is 51.5 Å². The Kier molecular flexibility index (Phi) is 5.43. The first-order valence-electron chi connectivity index (χ1n) is 11.2. The summed E-state index contributed by atoms with van der Waals surface area (Å²) in [6, 6.07) is 16.8. The number of aliphatic hydroxyl groups is 1. The molecule has 2 aliphatic rings. The summed E-state index contributed by atoms with van der Waals surface area (Å²) in [5, 5.41) is 12.3. The molecule has 4 aromatic rings. The summed E-state index contributed by atoms with van der Waals surface area (Å²) in [5.74, 6) is -0.812. The van der Waals surface area contributed by atoms with Crippen molar-refractivity contribution in [1.82, 2.24) is 4.98 Å². The zero-order valence-electron chi connectivity index (χ0n) is 19.0. The SMILES string of the molecule is Cc1ccc(C2/C(=C(\O)c3ccc4c(c3)OCCO4)C(=O)C(=O)N2c2nc3ccc(Cl)cc3s2)cc1. The van der Waals surface area contributed by atoms with Gasteiger partial charge in [-0.15, -0.1) is 0 Å². The van der Waals surface area contributed by atoms with Gasteiger partial charge in [0.2, 0.25) is 0 Å². The second-order valence-corrected chi connectivity index (χ2v) is 9.99. The molecule has 1 N–H and O–H groups in total. The zero-order valence-corrected chi connectivity index (χ0v) is 20.6. The Labute approximate surface area is 215 Å². The minimum Gasteiger partial charge on any atom is -0.507 e. The quantitative estimate of drug-likeness (QED) is 0.214. The fourth-order valence-corrected chi connectivity index (χ4v) is 5.70. The number of hydrogen-bond acceptors (Lipinski definition) is 7. The minimum absolute atomic E-state index is 0.0159. The van der Waals surface area contributed by atoms with Crippen LogP contribution < -0.4 is 14.4 Å². The van der Waals surface area contributed by atoms with E-state index in [4.69, 9.17) is 21.1 Å². The molecule has 9 heteroatoms. The second-order valence-electron chi connectivity index (χ2n) is 8.55. The van der Waals surface area contributed by atoms with E-state index >= 15 is 0 Å². The molecule has 2 aliphatic heterocycles. The van der Waals surface area contributed by atoms with Crippen molar-refractivity contribution in [3.05, 3.63) is 87.9 Å². The Morgan fingerprint density at radius 1 is 1.03 bits per heavy atom. The van der Waals surface area contributed by atoms with Gasteiger partial charge in [-0.3, -0.25) is 14.5 Å². The van der Waals surface area contributed by atoms with Gasteiger partial charge in [-0.05, 0) is 48.9 Å². The number of benzene rings is 3. The number of anilines is 1. The molecule has 180 valence electrons. The number of amides is 1. The molecular formula is C27H19ClN2O5S. The van der Waals surface area contributed by atoms with Gasteiger partial charge in [0.15, 0.2) is 16.6 Å². The highest BCUT2D eigenvalue weighted by molar-refractivity contribution is 7.22. The first-order valence-corrected chi connectivity index (χ1v) is 12.4. The number of nitrogens with zero attached hydrogens (tertiary/aromatic N) is 2. The Balaban J connectivity index is 1.54. The van der Waals surface area contributed by atoms with Crippen LogP contribution in [0.25, 0.3) is 16.0 Å². The molecule has 1 amide bonds. The first-order chi connectivity index (χ1) is 17.4. The molecule has 6 rings (SSSR count). The fraction of sp³-hybridized carbons (Fsp3) is 0.148. The van der Waals surface area contributed by atoms with Gasteiger partial charge in [0.1, 0.15) is 19.0 Å². The van der Waals surface area contributed by atoms with Gasteiger partial charge in [0, 0.05) is 10.6 Å². The van der Waals surface area contributed by atoms with E-state index in [-0.39, 0.29) is 11.3 Å². The van der Waals surface area contributed by atoms with Gasteiger partial charge in [-0.1, -0.05) is 52.8 Å². The van der Waals surface area contributed by atoms with E-state index in [1.54, 1.807) is 36.4 Å². The van der Waals surface area contributed by atoms with E-state index < -0.39 is 17.7 Å². The molecule has 0 aliphatic carbocycles. The van der Waals surface area contributed by atoms with Crippen LogP contribution >= 0.6 is 22.9 Å². The van der Waals surface area contributed by atoms with Crippen molar-refractivity contribution in [1.29, 1.82) is 0 Å². The highest BCUT2D eigenvalue weighted by atomic mass is 35.5. The predicted molar refractivity (Wildman–Crippen MR) is 138 cm³/mol. The molecule has 1 fully saturated rings. The van der Waals surface area contributed by atoms with Crippen LogP contribution in [-0.4, -0.2) is 35.0 Å². The minimum atomic E-state index is -0.866. The molecule has 1 saturated heterocycles. The van der Waals surface area contributed by atoms with Crippen LogP contribution in [0.4, 0.5) is 5.13 Å². The predicted octanol–water partition coefficient (Wildman–Crippen LogP) is 5.66. The number of aliphatic hydroxyl groups excluding tert-OH is 1. The third-order valence-electron chi connectivity index (χ3n) is 6.20. The number of ether oxygens (including phenoxy) is 2. The van der Waals surface area contributed by atoms with Crippen molar-refractivity contribution in [2.45, 2.75) is 13.0 Å². The van der Waals surface area contributed by atoms with E-state index in [2.05, 4.69) is 4.98 Å². The smallest absolute Gasteiger partial charge is 0.301 e. The third kappa shape index (κ3) is 3.70. The molecule has 0 bridgehead atoms. The number of aromatic nitrogens is 1. The standard InChI is InChI=1S/C27H19ClN2O5S/c1-14-2-4-15(5-3-14)23-22(24(31)16-6-9-19-20(12-16)35-11-10-34-19)25(32)26(33)30(23)27-29-18-8-7-17(28)13-21(18)36-27/h2-9,12-13,23,31H,10-11H2,1H3/b24-22+. The van der Waals surface area contributed by atoms with E-state index in [1.807, 2.05) is 31.2 Å². The summed E-state index contributed by atoms with van der Waals surface area (Å²) in [7, 11) is 0. The van der Waals surface area contributed by atoms with Crippen LogP contribution in [0.2, 0.25) is 5.02 Å². The van der Waals surface area contributed by atoms with Gasteiger partial charge in [-0.2, -0.15) is 0 Å². The summed E-state index contributed by atoms with van der Waals surface area (Å²) in [6.07, 6.45) is 0. The number of Topliss-reactive ketones (excluding diaryl/α,β-unsaturated/α-hetero) is 1. The Hall–Kier alpha value is -3.88. The summed E-state index contributed by atoms with van der Waals surface area (Å²) in [4.78, 5) is 32.8.